The van der Waals surface area contributed by atoms with Crippen LogP contribution >= 0.6 is 27.7 Å². The molecule has 1 aromatic heterocycles. The van der Waals surface area contributed by atoms with Gasteiger partial charge in [-0.25, -0.2) is 0 Å². The van der Waals surface area contributed by atoms with E-state index in [2.05, 4.69) is 43.6 Å². The van der Waals surface area contributed by atoms with Crippen LogP contribution in [0.4, 0.5) is 0 Å². The van der Waals surface area contributed by atoms with E-state index >= 15 is 0 Å². The zero-order valence-electron chi connectivity index (χ0n) is 18.7. The first-order valence-electron chi connectivity index (χ1n) is 10.5. The third kappa shape index (κ3) is 5.78. The molecule has 0 aliphatic heterocycles. The predicted molar refractivity (Wildman–Crippen MR) is 136 cm³/mol. The Labute approximate surface area is 210 Å². The van der Waals surface area contributed by atoms with Crippen LogP contribution in [0.2, 0.25) is 0 Å². The fourth-order valence-corrected chi connectivity index (χ4v) is 4.46. The van der Waals surface area contributed by atoms with E-state index in [1.54, 1.807) is 44.2 Å². The van der Waals surface area contributed by atoms with E-state index in [4.69, 9.17) is 9.47 Å². The number of hydrogen-bond acceptors (Lipinski definition) is 6. The van der Waals surface area contributed by atoms with Crippen LogP contribution in [0.25, 0.3) is 5.69 Å². The molecule has 9 heteroatoms. The van der Waals surface area contributed by atoms with Gasteiger partial charge in [0.1, 0.15) is 11.5 Å². The van der Waals surface area contributed by atoms with Gasteiger partial charge >= 0.3 is 0 Å². The second-order valence-corrected chi connectivity index (χ2v) is 9.13. The van der Waals surface area contributed by atoms with Crippen LogP contribution in [0.15, 0.2) is 82.4 Å². The van der Waals surface area contributed by atoms with Gasteiger partial charge in [-0.3, -0.25) is 9.36 Å². The van der Waals surface area contributed by atoms with Crippen molar-refractivity contribution < 1.29 is 14.3 Å². The van der Waals surface area contributed by atoms with E-state index in [0.717, 1.165) is 21.1 Å². The number of benzene rings is 3. The van der Waals surface area contributed by atoms with E-state index in [9.17, 15) is 4.79 Å². The van der Waals surface area contributed by atoms with Crippen LogP contribution in [-0.4, -0.2) is 34.9 Å². The van der Waals surface area contributed by atoms with Gasteiger partial charge in [0.15, 0.2) is 11.0 Å². The van der Waals surface area contributed by atoms with Crippen LogP contribution in [0, 0.1) is 0 Å². The molecule has 4 rings (SSSR count). The third-order valence-corrected chi connectivity index (χ3v) is 6.55. The smallest absolute Gasteiger partial charge is 0.251 e. The largest absolute Gasteiger partial charge is 0.497 e. The number of rotatable bonds is 9. The Kier molecular flexibility index (Phi) is 7.87. The predicted octanol–water partition coefficient (Wildman–Crippen LogP) is 5.27. The van der Waals surface area contributed by atoms with Gasteiger partial charge in [-0.15, -0.1) is 10.2 Å². The summed E-state index contributed by atoms with van der Waals surface area (Å²) in [6, 6.07) is 23.1. The Morgan fingerprint density at radius 3 is 2.29 bits per heavy atom. The maximum atomic E-state index is 12.9. The molecule has 0 spiro atoms. The summed E-state index contributed by atoms with van der Waals surface area (Å²) in [7, 11) is 3.10. The Hall–Kier alpha value is -3.30. The average molecular weight is 539 g/mol. The fourth-order valence-electron chi connectivity index (χ4n) is 3.27. The second-order valence-electron chi connectivity index (χ2n) is 7.27. The van der Waals surface area contributed by atoms with Crippen LogP contribution in [-0.2, 0) is 12.3 Å². The highest BCUT2D eigenvalue weighted by atomic mass is 79.9. The highest BCUT2D eigenvalue weighted by Gasteiger charge is 2.17. The number of para-hydroxylation sites is 1. The van der Waals surface area contributed by atoms with Gasteiger partial charge in [-0.05, 0) is 42.0 Å². The maximum absolute atomic E-state index is 12.9. The Morgan fingerprint density at radius 1 is 0.971 bits per heavy atom. The number of thioether (sulfide) groups is 1. The normalized spacial score (nSPS) is 10.7. The van der Waals surface area contributed by atoms with Crippen molar-refractivity contribution in [2.75, 3.05) is 14.2 Å². The molecule has 0 aliphatic carbocycles. The first-order chi connectivity index (χ1) is 16.6. The van der Waals surface area contributed by atoms with Gasteiger partial charge in [-0.1, -0.05) is 58.0 Å². The van der Waals surface area contributed by atoms with Gasteiger partial charge in [0, 0.05) is 27.5 Å². The number of amides is 1. The van der Waals surface area contributed by atoms with E-state index in [1.165, 1.54) is 5.56 Å². The zero-order valence-corrected chi connectivity index (χ0v) is 21.1. The minimum absolute atomic E-state index is 0.207. The Morgan fingerprint density at radius 2 is 1.65 bits per heavy atom. The van der Waals surface area contributed by atoms with Crippen molar-refractivity contribution in [3.05, 3.63) is 94.2 Å². The second kappa shape index (κ2) is 11.2. The Bertz CT molecular complexity index is 1240. The summed E-state index contributed by atoms with van der Waals surface area (Å²) in [5, 5.41) is 12.5. The average Bonchev–Trinajstić information content (AvgIpc) is 3.29. The quantitative estimate of drug-likeness (QED) is 0.292. The number of nitrogens with zero attached hydrogens (tertiary/aromatic N) is 3. The summed E-state index contributed by atoms with van der Waals surface area (Å²) in [6.07, 6.45) is 0. The zero-order chi connectivity index (χ0) is 23.9. The first kappa shape index (κ1) is 23.8. The van der Waals surface area contributed by atoms with Gasteiger partial charge < -0.3 is 14.8 Å². The lowest BCUT2D eigenvalue weighted by Gasteiger charge is -2.12. The molecule has 0 saturated carbocycles. The number of nitrogens with one attached hydrogen (secondary N) is 1. The molecule has 1 heterocycles. The number of methoxy groups -OCH3 is 2. The van der Waals surface area contributed by atoms with E-state index in [1.807, 2.05) is 47.0 Å². The van der Waals surface area contributed by atoms with Gasteiger partial charge in [0.05, 0.1) is 20.8 Å². The molecule has 4 aromatic rings. The van der Waals surface area contributed by atoms with Gasteiger partial charge in [-0.2, -0.15) is 0 Å². The van der Waals surface area contributed by atoms with Gasteiger partial charge in [0.25, 0.3) is 5.91 Å². The highest BCUT2D eigenvalue weighted by Crippen LogP contribution is 2.26. The standard InChI is InChI=1S/C25H23BrN4O3S/c1-32-21-12-18(13-22(14-21)33-2)24(31)27-15-23-28-29-25(30(23)20-6-4-3-5-7-20)34-16-17-8-10-19(26)11-9-17/h3-14H,15-16H2,1-2H3,(H,27,31). The summed E-state index contributed by atoms with van der Waals surface area (Å²) in [5.41, 5.74) is 2.54. The molecule has 0 aliphatic rings. The van der Waals surface area contributed by atoms with Crippen LogP contribution < -0.4 is 14.8 Å². The molecule has 0 bridgehead atoms. The van der Waals surface area contributed by atoms with Crippen molar-refractivity contribution in [1.29, 1.82) is 0 Å². The van der Waals surface area contributed by atoms with Crippen molar-refractivity contribution >= 4 is 33.6 Å². The van der Waals surface area contributed by atoms with Crippen molar-refractivity contribution in [2.45, 2.75) is 17.5 Å². The first-order valence-corrected chi connectivity index (χ1v) is 12.2. The molecule has 7 nitrogen and oxygen atoms in total. The lowest BCUT2D eigenvalue weighted by atomic mass is 10.2. The van der Waals surface area contributed by atoms with Crippen LogP contribution in [0.1, 0.15) is 21.7 Å². The molecular weight excluding hydrogens is 516 g/mol. The summed E-state index contributed by atoms with van der Waals surface area (Å²) >= 11 is 5.06. The minimum atomic E-state index is -0.260. The summed E-state index contributed by atoms with van der Waals surface area (Å²) < 4.78 is 13.5. The van der Waals surface area contributed by atoms with Crippen molar-refractivity contribution in [2.24, 2.45) is 0 Å². The lowest BCUT2D eigenvalue weighted by molar-refractivity contribution is 0.0949. The topological polar surface area (TPSA) is 78.3 Å². The number of carbonyl (C=O) groups is 1. The molecule has 1 amide bonds. The number of halogens is 1. The molecule has 0 unspecified atom stereocenters. The maximum Gasteiger partial charge on any atom is 0.251 e. The fraction of sp³-hybridized carbons (Fsp3) is 0.160. The molecule has 3 aromatic carbocycles. The molecule has 1 N–H and O–H groups in total. The van der Waals surface area contributed by atoms with E-state index in [-0.39, 0.29) is 12.5 Å². The molecule has 0 atom stereocenters. The van der Waals surface area contributed by atoms with Crippen molar-refractivity contribution in [3.63, 3.8) is 0 Å². The van der Waals surface area contributed by atoms with Crippen molar-refractivity contribution in [3.8, 4) is 17.2 Å². The molecular formula is C25H23BrN4O3S. The van der Waals surface area contributed by atoms with E-state index < -0.39 is 0 Å². The number of hydrogen-bond donors (Lipinski definition) is 1. The summed E-state index contributed by atoms with van der Waals surface area (Å²) in [4.78, 5) is 12.9. The third-order valence-electron chi connectivity index (χ3n) is 5.02. The van der Waals surface area contributed by atoms with E-state index in [0.29, 0.717) is 22.9 Å². The number of aromatic nitrogens is 3. The molecule has 0 radical (unpaired) electrons. The summed E-state index contributed by atoms with van der Waals surface area (Å²) in [5.74, 6) is 2.21. The SMILES string of the molecule is COc1cc(OC)cc(C(=O)NCc2nnc(SCc3ccc(Br)cc3)n2-c2ccccc2)c1. The van der Waals surface area contributed by atoms with Crippen molar-refractivity contribution in [1.82, 2.24) is 20.1 Å². The number of carbonyl (C=O) groups excluding carboxylic acids is 1. The minimum Gasteiger partial charge on any atom is -0.497 e. The Balaban J connectivity index is 1.54. The monoisotopic (exact) mass is 538 g/mol. The number of ether oxygens (including phenoxy) is 2. The molecule has 174 valence electrons. The van der Waals surface area contributed by atoms with Crippen LogP contribution in [0.5, 0.6) is 11.5 Å². The molecule has 34 heavy (non-hydrogen) atoms. The summed E-state index contributed by atoms with van der Waals surface area (Å²) in [6.45, 7) is 0.207. The highest BCUT2D eigenvalue weighted by molar-refractivity contribution is 9.10. The van der Waals surface area contributed by atoms with Gasteiger partial charge in [0.2, 0.25) is 0 Å². The van der Waals surface area contributed by atoms with Crippen LogP contribution in [0.3, 0.4) is 0 Å². The molecule has 0 saturated heterocycles. The lowest BCUT2D eigenvalue weighted by Crippen LogP contribution is -2.24. The molecule has 0 fully saturated rings.